The number of aromatic nitrogens is 2. The van der Waals surface area contributed by atoms with Crippen LogP contribution in [0.4, 0.5) is 5.13 Å². The molecule has 0 fully saturated rings. The van der Waals surface area contributed by atoms with E-state index in [1.807, 2.05) is 0 Å². The molecule has 26 heavy (non-hydrogen) atoms. The Morgan fingerprint density at radius 1 is 1.23 bits per heavy atom. The molecule has 0 aliphatic carbocycles. The van der Waals surface area contributed by atoms with Crippen LogP contribution >= 0.6 is 11.3 Å². The fraction of sp³-hybridized carbons (Fsp3) is 0.235. The van der Waals surface area contributed by atoms with Crippen molar-refractivity contribution in [1.29, 1.82) is 0 Å². The van der Waals surface area contributed by atoms with Crippen LogP contribution in [0.2, 0.25) is 0 Å². The monoisotopic (exact) mass is 391 g/mol. The van der Waals surface area contributed by atoms with Gasteiger partial charge in [0.1, 0.15) is 5.69 Å². The zero-order chi connectivity index (χ0) is 19.2. The number of thiazole rings is 1. The second kappa shape index (κ2) is 6.33. The van der Waals surface area contributed by atoms with Gasteiger partial charge in [0, 0.05) is 17.5 Å². The van der Waals surface area contributed by atoms with Gasteiger partial charge in [-0.15, -0.1) is 0 Å². The molecule has 3 rings (SSSR count). The molecule has 0 atom stereocenters. The van der Waals surface area contributed by atoms with Gasteiger partial charge in [-0.3, -0.25) is 14.9 Å². The summed E-state index contributed by atoms with van der Waals surface area (Å²) in [5.41, 5.74) is 2.65. The van der Waals surface area contributed by atoms with E-state index in [0.717, 1.165) is 6.26 Å². The van der Waals surface area contributed by atoms with Crippen LogP contribution in [-0.4, -0.2) is 36.3 Å². The van der Waals surface area contributed by atoms with E-state index < -0.39 is 15.7 Å². The van der Waals surface area contributed by atoms with Crippen molar-refractivity contribution in [3.05, 3.63) is 40.7 Å². The van der Waals surface area contributed by atoms with Crippen molar-refractivity contribution in [2.45, 2.75) is 25.7 Å². The minimum atomic E-state index is -3.31. The SMILES string of the molecule is CC(=O)c1c(C)[nH]c(C(=O)Nc2nc3ccc(S(C)(=O)=O)cc3s2)c1C. The topological polar surface area (TPSA) is 109 Å². The Kier molecular flexibility index (Phi) is 4.45. The zero-order valence-electron chi connectivity index (χ0n) is 14.6. The number of sulfone groups is 1. The van der Waals surface area contributed by atoms with E-state index in [1.54, 1.807) is 19.9 Å². The molecule has 2 heterocycles. The number of anilines is 1. The number of Topliss-reactive ketones (excluding diaryl/α,β-unsaturated/α-hetero) is 1. The lowest BCUT2D eigenvalue weighted by Crippen LogP contribution is -2.13. The standard InChI is InChI=1S/C17H17N3O4S2/c1-8-14(10(3)21)9(2)18-15(8)16(22)20-17-19-12-6-5-11(26(4,23)24)7-13(12)25-17/h5-7,18H,1-4H3,(H,19,20,22). The van der Waals surface area contributed by atoms with Gasteiger partial charge in [0.2, 0.25) is 0 Å². The molecule has 0 spiro atoms. The number of benzene rings is 1. The lowest BCUT2D eigenvalue weighted by Gasteiger charge is -2.01. The minimum absolute atomic E-state index is 0.108. The van der Waals surface area contributed by atoms with Gasteiger partial charge < -0.3 is 4.98 Å². The third kappa shape index (κ3) is 3.27. The molecule has 136 valence electrons. The molecular formula is C17H17N3O4S2. The normalized spacial score (nSPS) is 11.7. The van der Waals surface area contributed by atoms with Crippen molar-refractivity contribution in [2.75, 3.05) is 11.6 Å². The molecule has 2 aromatic heterocycles. The number of nitrogens with one attached hydrogen (secondary N) is 2. The quantitative estimate of drug-likeness (QED) is 0.664. The fourth-order valence-corrected chi connectivity index (χ4v) is 4.48. The Hall–Kier alpha value is -2.52. The van der Waals surface area contributed by atoms with Crippen molar-refractivity contribution < 1.29 is 18.0 Å². The van der Waals surface area contributed by atoms with Crippen LogP contribution in [0, 0.1) is 13.8 Å². The van der Waals surface area contributed by atoms with E-state index in [2.05, 4.69) is 15.3 Å². The molecule has 3 aromatic rings. The maximum absolute atomic E-state index is 12.5. The first-order valence-electron chi connectivity index (χ1n) is 7.70. The second-order valence-electron chi connectivity index (χ2n) is 6.06. The highest BCUT2D eigenvalue weighted by molar-refractivity contribution is 7.90. The molecule has 0 unspecified atom stereocenters. The van der Waals surface area contributed by atoms with E-state index >= 15 is 0 Å². The molecule has 0 bridgehead atoms. The van der Waals surface area contributed by atoms with Crippen molar-refractivity contribution in [1.82, 2.24) is 9.97 Å². The maximum Gasteiger partial charge on any atom is 0.274 e. The van der Waals surface area contributed by atoms with Crippen molar-refractivity contribution in [3.8, 4) is 0 Å². The first kappa shape index (κ1) is 18.3. The summed E-state index contributed by atoms with van der Waals surface area (Å²) in [6.07, 6.45) is 1.14. The Balaban J connectivity index is 1.93. The van der Waals surface area contributed by atoms with Gasteiger partial charge in [0.15, 0.2) is 20.8 Å². The van der Waals surface area contributed by atoms with Gasteiger partial charge >= 0.3 is 0 Å². The molecular weight excluding hydrogens is 374 g/mol. The van der Waals surface area contributed by atoms with Crippen LogP contribution in [0.25, 0.3) is 10.2 Å². The highest BCUT2D eigenvalue weighted by Gasteiger charge is 2.21. The largest absolute Gasteiger partial charge is 0.354 e. The van der Waals surface area contributed by atoms with Crippen molar-refractivity contribution >= 4 is 48.2 Å². The van der Waals surface area contributed by atoms with Crippen LogP contribution < -0.4 is 5.32 Å². The van der Waals surface area contributed by atoms with Gasteiger partial charge in [-0.2, -0.15) is 0 Å². The summed E-state index contributed by atoms with van der Waals surface area (Å²) in [6.45, 7) is 4.91. The number of H-pyrrole nitrogens is 1. The van der Waals surface area contributed by atoms with Crippen LogP contribution in [-0.2, 0) is 9.84 Å². The van der Waals surface area contributed by atoms with E-state index in [0.29, 0.717) is 37.9 Å². The number of nitrogens with zero attached hydrogens (tertiary/aromatic N) is 1. The maximum atomic E-state index is 12.5. The van der Waals surface area contributed by atoms with Crippen LogP contribution in [0.3, 0.4) is 0 Å². The Morgan fingerprint density at radius 3 is 2.50 bits per heavy atom. The summed E-state index contributed by atoms with van der Waals surface area (Å²) in [7, 11) is -3.31. The van der Waals surface area contributed by atoms with Crippen LogP contribution in [0.1, 0.15) is 39.0 Å². The number of carbonyl (C=O) groups is 2. The minimum Gasteiger partial charge on any atom is -0.354 e. The first-order valence-corrected chi connectivity index (χ1v) is 10.4. The number of aryl methyl sites for hydroxylation is 1. The lowest BCUT2D eigenvalue weighted by molar-refractivity contribution is 0.101. The third-order valence-electron chi connectivity index (χ3n) is 4.03. The summed E-state index contributed by atoms with van der Waals surface area (Å²) in [5, 5.41) is 3.06. The smallest absolute Gasteiger partial charge is 0.274 e. The average Bonchev–Trinajstić information content (AvgIpc) is 3.05. The van der Waals surface area contributed by atoms with Gasteiger partial charge in [-0.25, -0.2) is 13.4 Å². The molecule has 0 radical (unpaired) electrons. The molecule has 1 amide bonds. The Morgan fingerprint density at radius 2 is 1.92 bits per heavy atom. The number of hydrogen-bond acceptors (Lipinski definition) is 6. The molecule has 9 heteroatoms. The van der Waals surface area contributed by atoms with Gasteiger partial charge in [0.05, 0.1) is 15.1 Å². The summed E-state index contributed by atoms with van der Waals surface area (Å²) >= 11 is 1.19. The molecule has 0 saturated carbocycles. The van der Waals surface area contributed by atoms with E-state index in [-0.39, 0.29) is 10.7 Å². The summed E-state index contributed by atoms with van der Waals surface area (Å²) in [4.78, 5) is 31.7. The molecule has 0 saturated heterocycles. The third-order valence-corrected chi connectivity index (χ3v) is 6.07. The number of ketones is 1. The number of amides is 1. The molecule has 1 aromatic carbocycles. The molecule has 2 N–H and O–H groups in total. The average molecular weight is 391 g/mol. The van der Waals surface area contributed by atoms with Crippen molar-refractivity contribution in [2.24, 2.45) is 0 Å². The zero-order valence-corrected chi connectivity index (χ0v) is 16.3. The Bertz CT molecular complexity index is 1160. The summed E-state index contributed by atoms with van der Waals surface area (Å²) in [5.74, 6) is -0.510. The number of rotatable bonds is 4. The molecule has 7 nitrogen and oxygen atoms in total. The summed E-state index contributed by atoms with van der Waals surface area (Å²) in [6, 6.07) is 4.63. The van der Waals surface area contributed by atoms with Gasteiger partial charge in [-0.1, -0.05) is 11.3 Å². The second-order valence-corrected chi connectivity index (χ2v) is 9.10. The highest BCUT2D eigenvalue weighted by Crippen LogP contribution is 2.29. The number of carbonyl (C=O) groups excluding carboxylic acids is 2. The first-order chi connectivity index (χ1) is 12.1. The molecule has 0 aliphatic rings. The Labute approximate surface area is 154 Å². The van der Waals surface area contributed by atoms with Crippen molar-refractivity contribution in [3.63, 3.8) is 0 Å². The van der Waals surface area contributed by atoms with Gasteiger partial charge in [0.25, 0.3) is 5.91 Å². The highest BCUT2D eigenvalue weighted by atomic mass is 32.2. The van der Waals surface area contributed by atoms with Crippen LogP contribution in [0.5, 0.6) is 0 Å². The fourth-order valence-electron chi connectivity index (χ4n) is 2.85. The lowest BCUT2D eigenvalue weighted by atomic mass is 10.1. The van der Waals surface area contributed by atoms with E-state index in [1.165, 1.54) is 30.4 Å². The number of hydrogen-bond donors (Lipinski definition) is 2. The predicted molar refractivity (Wildman–Crippen MR) is 101 cm³/mol. The number of fused-ring (bicyclic) bond motifs is 1. The molecule has 0 aliphatic heterocycles. The summed E-state index contributed by atoms with van der Waals surface area (Å²) < 4.78 is 24.0. The van der Waals surface area contributed by atoms with E-state index in [9.17, 15) is 18.0 Å². The predicted octanol–water partition coefficient (Wildman–Crippen LogP) is 3.10. The van der Waals surface area contributed by atoms with Crippen LogP contribution in [0.15, 0.2) is 23.1 Å². The number of aromatic amines is 1. The van der Waals surface area contributed by atoms with Gasteiger partial charge in [-0.05, 0) is 44.5 Å². The van der Waals surface area contributed by atoms with E-state index in [4.69, 9.17) is 0 Å².